The number of piperazine rings is 1. The molecule has 0 radical (unpaired) electrons. The molecule has 0 amide bonds. The van der Waals surface area contributed by atoms with E-state index >= 15 is 0 Å². The van der Waals surface area contributed by atoms with Gasteiger partial charge in [0.25, 0.3) is 0 Å². The minimum absolute atomic E-state index is 0.815. The largest absolute Gasteiger partial charge is 0.496 e. The maximum atomic E-state index is 5.65. The number of hydrogen-bond acceptors (Lipinski definition) is 4. The summed E-state index contributed by atoms with van der Waals surface area (Å²) in [5.74, 6) is 0.997. The molecule has 1 aromatic carbocycles. The van der Waals surface area contributed by atoms with E-state index in [0.29, 0.717) is 0 Å². The summed E-state index contributed by atoms with van der Waals surface area (Å²) in [5, 5.41) is 1.28. The van der Waals surface area contributed by atoms with Crippen LogP contribution in [0.25, 0.3) is 10.9 Å². The Labute approximate surface area is 138 Å². The van der Waals surface area contributed by atoms with E-state index in [2.05, 4.69) is 33.8 Å². The van der Waals surface area contributed by atoms with E-state index < -0.39 is 0 Å². The lowest BCUT2D eigenvalue weighted by molar-refractivity contribution is 0.0936. The van der Waals surface area contributed by atoms with Gasteiger partial charge in [-0.05, 0) is 24.6 Å². The fourth-order valence-electron chi connectivity index (χ4n) is 3.40. The van der Waals surface area contributed by atoms with Crippen LogP contribution in [0.15, 0.2) is 18.3 Å². The Morgan fingerprint density at radius 1 is 1.13 bits per heavy atom. The van der Waals surface area contributed by atoms with Crippen molar-refractivity contribution < 1.29 is 9.47 Å². The zero-order valence-corrected chi connectivity index (χ0v) is 14.4. The van der Waals surface area contributed by atoms with Gasteiger partial charge in [0.2, 0.25) is 0 Å². The maximum Gasteiger partial charge on any atom is 0.124 e. The van der Waals surface area contributed by atoms with Crippen molar-refractivity contribution in [3.63, 3.8) is 0 Å². The molecule has 0 spiro atoms. The van der Waals surface area contributed by atoms with Crippen LogP contribution in [0.4, 0.5) is 0 Å². The highest BCUT2D eigenvalue weighted by molar-refractivity contribution is 5.88. The number of nitrogens with one attached hydrogen (secondary N) is 1. The van der Waals surface area contributed by atoms with E-state index in [0.717, 1.165) is 51.6 Å². The lowest BCUT2D eigenvalue weighted by atomic mass is 10.0. The number of nitrogens with zero attached hydrogens (tertiary/aromatic N) is 2. The van der Waals surface area contributed by atoms with Crippen molar-refractivity contribution in [3.8, 4) is 5.75 Å². The summed E-state index contributed by atoms with van der Waals surface area (Å²) < 4.78 is 10.8. The van der Waals surface area contributed by atoms with Crippen molar-refractivity contribution in [2.75, 3.05) is 53.6 Å². The monoisotopic (exact) mass is 317 g/mol. The first-order chi connectivity index (χ1) is 11.2. The summed E-state index contributed by atoms with van der Waals surface area (Å²) in [4.78, 5) is 8.34. The van der Waals surface area contributed by atoms with E-state index in [4.69, 9.17) is 9.47 Å². The van der Waals surface area contributed by atoms with Gasteiger partial charge in [0.15, 0.2) is 0 Å². The molecule has 0 unspecified atom stereocenters. The zero-order valence-electron chi connectivity index (χ0n) is 14.4. The fourth-order valence-corrected chi connectivity index (χ4v) is 3.40. The number of aromatic nitrogens is 1. The van der Waals surface area contributed by atoms with Gasteiger partial charge in [-0.1, -0.05) is 0 Å². The molecule has 5 heteroatoms. The molecular formula is C18H27N3O2. The second kappa shape index (κ2) is 7.34. The third-order valence-corrected chi connectivity index (χ3v) is 4.79. The molecule has 1 aliphatic rings. The van der Waals surface area contributed by atoms with Crippen LogP contribution in [0, 0.1) is 6.92 Å². The van der Waals surface area contributed by atoms with Crippen LogP contribution >= 0.6 is 0 Å². The summed E-state index contributed by atoms with van der Waals surface area (Å²) in [6.45, 7) is 9.30. The standard InChI is InChI=1S/C18H27N3O2/c1-14-12-17(23-3)16(15-4-5-19-18(14)15)13-21-8-6-20(7-9-21)10-11-22-2/h4-5,12,19H,6-11,13H2,1-3H3. The number of ether oxygens (including phenoxy) is 2. The van der Waals surface area contributed by atoms with Crippen molar-refractivity contribution in [3.05, 3.63) is 29.5 Å². The Balaban J connectivity index is 1.72. The first kappa shape index (κ1) is 16.3. The van der Waals surface area contributed by atoms with Crippen LogP contribution in [0.2, 0.25) is 0 Å². The van der Waals surface area contributed by atoms with Gasteiger partial charge < -0.3 is 14.5 Å². The maximum absolute atomic E-state index is 5.65. The lowest BCUT2D eigenvalue weighted by Crippen LogP contribution is -2.46. The topological polar surface area (TPSA) is 40.7 Å². The number of H-pyrrole nitrogens is 1. The predicted molar refractivity (Wildman–Crippen MR) is 93.2 cm³/mol. The van der Waals surface area contributed by atoms with Gasteiger partial charge in [-0.3, -0.25) is 9.80 Å². The molecule has 2 heterocycles. The van der Waals surface area contributed by atoms with Crippen LogP contribution in [0.1, 0.15) is 11.1 Å². The third kappa shape index (κ3) is 3.52. The number of rotatable bonds is 6. The Hall–Kier alpha value is -1.56. The average molecular weight is 317 g/mol. The SMILES string of the molecule is COCCN1CCN(Cc2c(OC)cc(C)c3[nH]ccc23)CC1. The molecule has 1 fully saturated rings. The molecule has 0 bridgehead atoms. The van der Waals surface area contributed by atoms with Gasteiger partial charge in [-0.2, -0.15) is 0 Å². The molecule has 2 aromatic rings. The molecule has 23 heavy (non-hydrogen) atoms. The molecule has 1 aromatic heterocycles. The summed E-state index contributed by atoms with van der Waals surface area (Å²) in [6, 6.07) is 4.30. The first-order valence-corrected chi connectivity index (χ1v) is 8.30. The first-order valence-electron chi connectivity index (χ1n) is 8.30. The Morgan fingerprint density at radius 2 is 1.87 bits per heavy atom. The highest BCUT2D eigenvalue weighted by atomic mass is 16.5. The van der Waals surface area contributed by atoms with E-state index in [1.54, 1.807) is 14.2 Å². The Kier molecular flexibility index (Phi) is 5.20. The van der Waals surface area contributed by atoms with Crippen molar-refractivity contribution in [1.82, 2.24) is 14.8 Å². The van der Waals surface area contributed by atoms with Gasteiger partial charge >= 0.3 is 0 Å². The lowest BCUT2D eigenvalue weighted by Gasteiger charge is -2.34. The number of aryl methyl sites for hydroxylation is 1. The molecule has 5 nitrogen and oxygen atoms in total. The van der Waals surface area contributed by atoms with Crippen LogP contribution in [0.3, 0.4) is 0 Å². The highest BCUT2D eigenvalue weighted by Crippen LogP contribution is 2.31. The van der Waals surface area contributed by atoms with E-state index in [1.165, 1.54) is 22.0 Å². The van der Waals surface area contributed by atoms with Gasteiger partial charge in [-0.25, -0.2) is 0 Å². The number of fused-ring (bicyclic) bond motifs is 1. The molecule has 3 rings (SSSR count). The van der Waals surface area contributed by atoms with Crippen LogP contribution < -0.4 is 4.74 Å². The van der Waals surface area contributed by atoms with Crippen molar-refractivity contribution in [1.29, 1.82) is 0 Å². The van der Waals surface area contributed by atoms with Gasteiger partial charge in [-0.15, -0.1) is 0 Å². The van der Waals surface area contributed by atoms with Gasteiger partial charge in [0, 0.05) is 69.0 Å². The number of methoxy groups -OCH3 is 2. The Morgan fingerprint density at radius 3 is 2.57 bits per heavy atom. The second-order valence-corrected chi connectivity index (χ2v) is 6.25. The molecule has 126 valence electrons. The van der Waals surface area contributed by atoms with E-state index in [-0.39, 0.29) is 0 Å². The smallest absolute Gasteiger partial charge is 0.124 e. The van der Waals surface area contributed by atoms with E-state index in [1.807, 2.05) is 6.20 Å². The number of benzene rings is 1. The predicted octanol–water partition coefficient (Wildman–Crippen LogP) is 2.25. The second-order valence-electron chi connectivity index (χ2n) is 6.25. The van der Waals surface area contributed by atoms with Gasteiger partial charge in [0.1, 0.15) is 5.75 Å². The molecule has 0 aliphatic carbocycles. The van der Waals surface area contributed by atoms with Crippen molar-refractivity contribution in [2.24, 2.45) is 0 Å². The van der Waals surface area contributed by atoms with E-state index in [9.17, 15) is 0 Å². The van der Waals surface area contributed by atoms with Crippen molar-refractivity contribution in [2.45, 2.75) is 13.5 Å². The third-order valence-electron chi connectivity index (χ3n) is 4.79. The quantitative estimate of drug-likeness (QED) is 0.887. The number of hydrogen-bond donors (Lipinski definition) is 1. The normalized spacial score (nSPS) is 17.0. The molecule has 1 aliphatic heterocycles. The van der Waals surface area contributed by atoms with Gasteiger partial charge in [0.05, 0.1) is 13.7 Å². The average Bonchev–Trinajstić information content (AvgIpc) is 3.07. The van der Waals surface area contributed by atoms with Crippen molar-refractivity contribution >= 4 is 10.9 Å². The van der Waals surface area contributed by atoms with Crippen LogP contribution in [-0.4, -0.2) is 68.3 Å². The fraction of sp³-hybridized carbons (Fsp3) is 0.556. The molecule has 1 N–H and O–H groups in total. The highest BCUT2D eigenvalue weighted by Gasteiger charge is 2.20. The molecule has 1 saturated heterocycles. The molecular weight excluding hydrogens is 290 g/mol. The summed E-state index contributed by atoms with van der Waals surface area (Å²) in [7, 11) is 3.53. The number of aromatic amines is 1. The van der Waals surface area contributed by atoms with Crippen LogP contribution in [0.5, 0.6) is 5.75 Å². The van der Waals surface area contributed by atoms with Crippen LogP contribution in [-0.2, 0) is 11.3 Å². The molecule has 0 atom stereocenters. The summed E-state index contributed by atoms with van der Waals surface area (Å²) in [5.41, 5.74) is 3.74. The molecule has 0 saturated carbocycles. The zero-order chi connectivity index (χ0) is 16.2. The minimum Gasteiger partial charge on any atom is -0.496 e. The summed E-state index contributed by atoms with van der Waals surface area (Å²) in [6.07, 6.45) is 2.02. The Bertz CT molecular complexity index is 645. The summed E-state index contributed by atoms with van der Waals surface area (Å²) >= 11 is 0. The minimum atomic E-state index is 0.815.